The minimum Gasteiger partial charge on any atom is -0.497 e. The number of methoxy groups -OCH3 is 1. The molecule has 0 unspecified atom stereocenters. The summed E-state index contributed by atoms with van der Waals surface area (Å²) in [6.07, 6.45) is 0. The Kier molecular flexibility index (Phi) is 4.20. The highest BCUT2D eigenvalue weighted by Gasteiger charge is 2.19. The van der Waals surface area contributed by atoms with Crippen LogP contribution in [0.15, 0.2) is 33.8 Å². The second kappa shape index (κ2) is 6.29. The molecule has 0 bridgehead atoms. The molecule has 3 rings (SSSR count). The molecule has 2 aromatic heterocycles. The average Bonchev–Trinajstić information content (AvgIpc) is 3.18. The van der Waals surface area contributed by atoms with Gasteiger partial charge < -0.3 is 15.0 Å². The molecule has 0 aliphatic carbocycles. The van der Waals surface area contributed by atoms with Crippen LogP contribution in [0.1, 0.15) is 23.9 Å². The van der Waals surface area contributed by atoms with E-state index in [9.17, 15) is 0 Å². The molecule has 9 heteroatoms. The molecule has 2 N–H and O–H groups in total. The van der Waals surface area contributed by atoms with E-state index in [1.165, 1.54) is 16.4 Å². The van der Waals surface area contributed by atoms with Gasteiger partial charge in [-0.2, -0.15) is 0 Å². The SMILES string of the molecule is COc1ccc(-c2nnc([C@@H](C)Sc3nnc(C)n3N)o2)cc1. The molecule has 0 saturated carbocycles. The van der Waals surface area contributed by atoms with Gasteiger partial charge in [0.25, 0.3) is 0 Å². The highest BCUT2D eigenvalue weighted by atomic mass is 32.2. The van der Waals surface area contributed by atoms with Crippen LogP contribution in [0.5, 0.6) is 5.75 Å². The Morgan fingerprint density at radius 3 is 2.52 bits per heavy atom. The number of hydrogen-bond donors (Lipinski definition) is 1. The highest BCUT2D eigenvalue weighted by molar-refractivity contribution is 7.99. The Bertz CT molecular complexity index is 798. The fourth-order valence-electron chi connectivity index (χ4n) is 1.89. The summed E-state index contributed by atoms with van der Waals surface area (Å²) in [6.45, 7) is 3.73. The summed E-state index contributed by atoms with van der Waals surface area (Å²) in [5.74, 6) is 8.22. The first-order valence-corrected chi connectivity index (χ1v) is 7.78. The van der Waals surface area contributed by atoms with Crippen LogP contribution in [0.3, 0.4) is 0 Å². The predicted octanol–water partition coefficient (Wildman–Crippen LogP) is 2.21. The lowest BCUT2D eigenvalue weighted by Gasteiger charge is -2.05. The van der Waals surface area contributed by atoms with E-state index >= 15 is 0 Å². The number of nitrogens with zero attached hydrogens (tertiary/aromatic N) is 5. The van der Waals surface area contributed by atoms with Crippen LogP contribution in [-0.2, 0) is 0 Å². The minimum atomic E-state index is -0.0969. The number of aromatic nitrogens is 5. The molecular formula is C14H16N6O2S. The van der Waals surface area contributed by atoms with Crippen LogP contribution in [0.4, 0.5) is 0 Å². The summed E-state index contributed by atoms with van der Waals surface area (Å²) in [6, 6.07) is 7.43. The number of benzene rings is 1. The van der Waals surface area contributed by atoms with E-state index in [-0.39, 0.29) is 5.25 Å². The van der Waals surface area contributed by atoms with Crippen molar-refractivity contribution in [1.82, 2.24) is 25.1 Å². The molecule has 1 atom stereocenters. The fraction of sp³-hybridized carbons (Fsp3) is 0.286. The van der Waals surface area contributed by atoms with E-state index in [4.69, 9.17) is 15.0 Å². The quantitative estimate of drug-likeness (QED) is 0.560. The molecule has 3 aromatic rings. The summed E-state index contributed by atoms with van der Waals surface area (Å²) >= 11 is 1.41. The van der Waals surface area contributed by atoms with Crippen molar-refractivity contribution >= 4 is 11.8 Å². The smallest absolute Gasteiger partial charge is 0.247 e. The zero-order valence-electron chi connectivity index (χ0n) is 12.9. The molecule has 1 aromatic carbocycles. The number of hydrogen-bond acceptors (Lipinski definition) is 8. The van der Waals surface area contributed by atoms with Gasteiger partial charge in [-0.3, -0.25) is 0 Å². The maximum absolute atomic E-state index is 5.84. The second-order valence-electron chi connectivity index (χ2n) is 4.83. The number of rotatable bonds is 5. The van der Waals surface area contributed by atoms with Gasteiger partial charge in [-0.05, 0) is 38.1 Å². The van der Waals surface area contributed by atoms with E-state index < -0.39 is 0 Å². The lowest BCUT2D eigenvalue weighted by Crippen LogP contribution is -2.11. The van der Waals surface area contributed by atoms with Crippen molar-refractivity contribution in [3.05, 3.63) is 36.0 Å². The maximum Gasteiger partial charge on any atom is 0.247 e. The summed E-state index contributed by atoms with van der Waals surface area (Å²) in [7, 11) is 1.62. The van der Waals surface area contributed by atoms with E-state index in [2.05, 4.69) is 20.4 Å². The largest absolute Gasteiger partial charge is 0.497 e. The van der Waals surface area contributed by atoms with Crippen molar-refractivity contribution in [2.45, 2.75) is 24.3 Å². The number of nitrogens with two attached hydrogens (primary N) is 1. The fourth-order valence-corrected chi connectivity index (χ4v) is 2.73. The van der Waals surface area contributed by atoms with Gasteiger partial charge >= 0.3 is 0 Å². The Morgan fingerprint density at radius 1 is 1.17 bits per heavy atom. The molecular weight excluding hydrogens is 316 g/mol. The van der Waals surface area contributed by atoms with E-state index in [0.717, 1.165) is 11.3 Å². The Balaban J connectivity index is 1.76. The van der Waals surface area contributed by atoms with Gasteiger partial charge in [0.05, 0.1) is 12.4 Å². The van der Waals surface area contributed by atoms with Gasteiger partial charge in [0.15, 0.2) is 0 Å². The lowest BCUT2D eigenvalue weighted by molar-refractivity contribution is 0.415. The predicted molar refractivity (Wildman–Crippen MR) is 85.5 cm³/mol. The summed E-state index contributed by atoms with van der Waals surface area (Å²) in [5.41, 5.74) is 0.833. The zero-order valence-corrected chi connectivity index (χ0v) is 13.7. The van der Waals surface area contributed by atoms with Crippen molar-refractivity contribution in [2.24, 2.45) is 0 Å². The normalized spacial score (nSPS) is 12.3. The van der Waals surface area contributed by atoms with Gasteiger partial charge in [0.2, 0.25) is 16.9 Å². The molecule has 0 amide bonds. The van der Waals surface area contributed by atoms with Gasteiger partial charge in [0, 0.05) is 5.56 Å². The van der Waals surface area contributed by atoms with E-state index in [1.54, 1.807) is 14.0 Å². The van der Waals surface area contributed by atoms with Crippen molar-refractivity contribution in [1.29, 1.82) is 0 Å². The maximum atomic E-state index is 5.84. The molecule has 2 heterocycles. The molecule has 0 radical (unpaired) electrons. The number of nitrogen functional groups attached to an aromatic ring is 1. The van der Waals surface area contributed by atoms with Crippen LogP contribution in [0.25, 0.3) is 11.5 Å². The van der Waals surface area contributed by atoms with Gasteiger partial charge in [-0.25, -0.2) is 4.68 Å². The van der Waals surface area contributed by atoms with E-state index in [1.807, 2.05) is 31.2 Å². The first-order chi connectivity index (χ1) is 11.1. The molecule has 0 fully saturated rings. The third-order valence-corrected chi connectivity index (χ3v) is 4.29. The molecule has 0 saturated heterocycles. The highest BCUT2D eigenvalue weighted by Crippen LogP contribution is 2.33. The standard InChI is InChI=1S/C14H16N6O2S/c1-8(23-14-19-16-9(2)20(14)15)12-17-18-13(22-12)10-4-6-11(21-3)7-5-10/h4-8H,15H2,1-3H3/t8-/m1/s1. The van der Waals surface area contributed by atoms with Gasteiger partial charge in [0.1, 0.15) is 11.6 Å². The number of ether oxygens (including phenoxy) is 1. The summed E-state index contributed by atoms with van der Waals surface area (Å²) in [4.78, 5) is 0. The topological polar surface area (TPSA) is 105 Å². The van der Waals surface area contributed by atoms with Gasteiger partial charge in [-0.1, -0.05) is 11.8 Å². The van der Waals surface area contributed by atoms with Crippen molar-refractivity contribution in [2.75, 3.05) is 13.0 Å². The third-order valence-electron chi connectivity index (χ3n) is 3.24. The molecule has 120 valence electrons. The van der Waals surface area contributed by atoms with Crippen LogP contribution in [0, 0.1) is 6.92 Å². The molecule has 8 nitrogen and oxygen atoms in total. The number of aryl methyl sites for hydroxylation is 1. The second-order valence-corrected chi connectivity index (χ2v) is 6.14. The van der Waals surface area contributed by atoms with Crippen LogP contribution in [-0.4, -0.2) is 32.2 Å². The van der Waals surface area contributed by atoms with Crippen molar-refractivity contribution in [3.63, 3.8) is 0 Å². The van der Waals surface area contributed by atoms with Gasteiger partial charge in [-0.15, -0.1) is 20.4 Å². The minimum absolute atomic E-state index is 0.0969. The monoisotopic (exact) mass is 332 g/mol. The number of thioether (sulfide) groups is 1. The summed E-state index contributed by atoms with van der Waals surface area (Å²) in [5, 5.41) is 16.6. The molecule has 23 heavy (non-hydrogen) atoms. The summed E-state index contributed by atoms with van der Waals surface area (Å²) < 4.78 is 12.3. The Hall–Kier alpha value is -2.55. The molecule has 0 spiro atoms. The lowest BCUT2D eigenvalue weighted by atomic mass is 10.2. The van der Waals surface area contributed by atoms with Crippen LogP contribution < -0.4 is 10.6 Å². The van der Waals surface area contributed by atoms with Crippen LogP contribution >= 0.6 is 11.8 Å². The van der Waals surface area contributed by atoms with Crippen molar-refractivity contribution in [3.8, 4) is 17.2 Å². The first-order valence-electron chi connectivity index (χ1n) is 6.90. The average molecular weight is 332 g/mol. The van der Waals surface area contributed by atoms with Crippen LogP contribution in [0.2, 0.25) is 0 Å². The van der Waals surface area contributed by atoms with Crippen molar-refractivity contribution < 1.29 is 9.15 Å². The first kappa shape index (κ1) is 15.3. The molecule has 0 aliphatic rings. The third kappa shape index (κ3) is 3.14. The van der Waals surface area contributed by atoms with E-state index in [0.29, 0.717) is 22.8 Å². The molecule has 0 aliphatic heterocycles. The Morgan fingerprint density at radius 2 is 1.91 bits per heavy atom. The Labute approximate surface area is 137 Å². The zero-order chi connectivity index (χ0) is 16.4.